The van der Waals surface area contributed by atoms with Gasteiger partial charge in [0.1, 0.15) is 5.75 Å². The van der Waals surface area contributed by atoms with Crippen LogP contribution in [0.25, 0.3) is 0 Å². The average molecular weight is 548 g/mol. The van der Waals surface area contributed by atoms with E-state index in [1.165, 1.54) is 0 Å². The number of Topliss-reactive ketones (excluding diaryl/α,β-unsaturated/α-hetero) is 2. The highest BCUT2D eigenvalue weighted by molar-refractivity contribution is 9.10. The van der Waals surface area contributed by atoms with Crippen LogP contribution in [0.5, 0.6) is 5.75 Å². The molecule has 7 heteroatoms. The lowest BCUT2D eigenvalue weighted by Gasteiger charge is -2.44. The summed E-state index contributed by atoms with van der Waals surface area (Å²) in [5.41, 5.74) is 4.32. The number of nitrogens with one attached hydrogen (secondary N) is 1. The van der Waals surface area contributed by atoms with Gasteiger partial charge < -0.3 is 10.4 Å². The average Bonchev–Trinajstić information content (AvgIpc) is 2.76. The Balaban J connectivity index is 1.63. The molecule has 0 aromatic heterocycles. The molecule has 0 fully saturated rings. The Labute approximate surface area is 219 Å². The van der Waals surface area contributed by atoms with E-state index in [4.69, 9.17) is 0 Å². The molecule has 2 aliphatic carbocycles. The molecule has 0 spiro atoms. The molecule has 0 amide bonds. The Bertz CT molecular complexity index is 1310. The van der Waals surface area contributed by atoms with Crippen LogP contribution in [-0.4, -0.2) is 16.7 Å². The SMILES string of the molecule is CC1(C)CC(=O)C2=C(C1)NC1=C(C(=O)CC(C)(C)C1)C2c1cc(N=Nc2ccc(Br)cc2)ccc1O. The van der Waals surface area contributed by atoms with Gasteiger partial charge in [-0.25, -0.2) is 0 Å². The maximum atomic E-state index is 13.5. The Hall–Kier alpha value is -3.06. The van der Waals surface area contributed by atoms with Crippen molar-refractivity contribution < 1.29 is 14.7 Å². The summed E-state index contributed by atoms with van der Waals surface area (Å²) in [6, 6.07) is 12.5. The summed E-state index contributed by atoms with van der Waals surface area (Å²) >= 11 is 3.41. The van der Waals surface area contributed by atoms with Gasteiger partial charge in [-0.1, -0.05) is 43.6 Å². The monoisotopic (exact) mass is 547 g/mol. The van der Waals surface area contributed by atoms with Crippen molar-refractivity contribution in [3.8, 4) is 5.75 Å². The van der Waals surface area contributed by atoms with Crippen molar-refractivity contribution >= 4 is 38.9 Å². The standard InChI is InChI=1S/C29H30BrN3O3/c1-28(2)12-20-26(23(35)14-28)25(27-21(31-20)13-29(3,4)15-24(27)36)19-11-18(9-10-22(19)34)33-32-17-7-5-16(30)6-8-17/h5-11,25,31,34H,12-15H2,1-4H3. The third-order valence-electron chi connectivity index (χ3n) is 7.15. The summed E-state index contributed by atoms with van der Waals surface area (Å²) < 4.78 is 0.952. The van der Waals surface area contributed by atoms with Gasteiger partial charge in [0.25, 0.3) is 0 Å². The van der Waals surface area contributed by atoms with Crippen molar-refractivity contribution in [3.05, 3.63) is 75.0 Å². The molecule has 0 saturated carbocycles. The zero-order valence-corrected chi connectivity index (χ0v) is 22.6. The number of nitrogens with zero attached hydrogens (tertiary/aromatic N) is 2. The zero-order valence-electron chi connectivity index (χ0n) is 21.0. The van der Waals surface area contributed by atoms with Gasteiger partial charge in [0.2, 0.25) is 0 Å². The molecular formula is C29H30BrN3O3. The highest BCUT2D eigenvalue weighted by Crippen LogP contribution is 2.52. The van der Waals surface area contributed by atoms with E-state index in [0.717, 1.165) is 15.9 Å². The molecule has 186 valence electrons. The molecule has 5 rings (SSSR count). The molecule has 0 unspecified atom stereocenters. The Kier molecular flexibility index (Phi) is 6.02. The molecule has 3 aliphatic rings. The Morgan fingerprint density at radius 3 is 1.86 bits per heavy atom. The summed E-state index contributed by atoms with van der Waals surface area (Å²) in [5, 5.41) is 23.2. The van der Waals surface area contributed by atoms with E-state index < -0.39 is 5.92 Å². The first-order valence-corrected chi connectivity index (χ1v) is 13.0. The fourth-order valence-electron chi connectivity index (χ4n) is 5.66. The summed E-state index contributed by atoms with van der Waals surface area (Å²) in [5.74, 6) is -0.543. The normalized spacial score (nSPS) is 21.5. The number of phenolic OH excluding ortho intramolecular Hbond substituents is 1. The first kappa shape index (κ1) is 24.6. The van der Waals surface area contributed by atoms with Crippen LogP contribution in [0.4, 0.5) is 11.4 Å². The predicted molar refractivity (Wildman–Crippen MR) is 142 cm³/mol. The molecule has 0 bridgehead atoms. The minimum atomic E-state index is -0.619. The van der Waals surface area contributed by atoms with Crippen molar-refractivity contribution in [1.82, 2.24) is 5.32 Å². The minimum Gasteiger partial charge on any atom is -0.508 e. The van der Waals surface area contributed by atoms with Gasteiger partial charge in [-0.05, 0) is 66.1 Å². The van der Waals surface area contributed by atoms with Crippen LogP contribution in [0.2, 0.25) is 0 Å². The second-order valence-corrected chi connectivity index (χ2v) is 12.6. The number of aromatic hydroxyl groups is 1. The second-order valence-electron chi connectivity index (χ2n) is 11.6. The fraction of sp³-hybridized carbons (Fsp3) is 0.379. The summed E-state index contributed by atoms with van der Waals surface area (Å²) in [4.78, 5) is 27.0. The highest BCUT2D eigenvalue weighted by atomic mass is 79.9. The lowest BCUT2D eigenvalue weighted by Crippen LogP contribution is -2.42. The quantitative estimate of drug-likeness (QED) is 0.388. The number of azo groups is 1. The van der Waals surface area contributed by atoms with Gasteiger partial charge in [-0.15, -0.1) is 0 Å². The molecule has 1 heterocycles. The second kappa shape index (κ2) is 8.80. The van der Waals surface area contributed by atoms with E-state index in [1.54, 1.807) is 18.2 Å². The number of phenols is 1. The lowest BCUT2D eigenvalue weighted by atomic mass is 9.64. The molecule has 0 atom stereocenters. The first-order chi connectivity index (χ1) is 16.9. The third kappa shape index (κ3) is 4.69. The van der Waals surface area contributed by atoms with Crippen molar-refractivity contribution in [1.29, 1.82) is 0 Å². The number of halogens is 1. The number of dihydropyridines is 1. The Morgan fingerprint density at radius 1 is 0.806 bits per heavy atom. The van der Waals surface area contributed by atoms with E-state index in [1.807, 2.05) is 24.3 Å². The molecule has 36 heavy (non-hydrogen) atoms. The van der Waals surface area contributed by atoms with Crippen molar-refractivity contribution in [2.24, 2.45) is 21.1 Å². The summed E-state index contributed by atoms with van der Waals surface area (Å²) in [6.07, 6.45) is 2.21. The van der Waals surface area contributed by atoms with E-state index in [2.05, 4.69) is 59.2 Å². The van der Waals surface area contributed by atoms with E-state index in [-0.39, 0.29) is 28.1 Å². The zero-order chi connectivity index (χ0) is 25.8. The van der Waals surface area contributed by atoms with Crippen LogP contribution in [0, 0.1) is 10.8 Å². The molecule has 1 aliphatic heterocycles. The van der Waals surface area contributed by atoms with E-state index >= 15 is 0 Å². The fourth-order valence-corrected chi connectivity index (χ4v) is 5.92. The van der Waals surface area contributed by atoms with Crippen LogP contribution in [-0.2, 0) is 9.59 Å². The van der Waals surface area contributed by atoms with Gasteiger partial charge in [0.05, 0.1) is 11.4 Å². The number of ketones is 2. The Morgan fingerprint density at radius 2 is 1.31 bits per heavy atom. The van der Waals surface area contributed by atoms with E-state index in [9.17, 15) is 14.7 Å². The maximum absolute atomic E-state index is 13.5. The molecule has 6 nitrogen and oxygen atoms in total. The molecule has 0 saturated heterocycles. The topological polar surface area (TPSA) is 91.1 Å². The molecule has 0 radical (unpaired) electrons. The van der Waals surface area contributed by atoms with Gasteiger partial charge in [-0.3, -0.25) is 9.59 Å². The molecule has 2 aromatic carbocycles. The number of hydrogen-bond acceptors (Lipinski definition) is 6. The lowest BCUT2D eigenvalue weighted by molar-refractivity contribution is -0.119. The van der Waals surface area contributed by atoms with Crippen LogP contribution in [0.3, 0.4) is 0 Å². The molecule has 2 N–H and O–H groups in total. The largest absolute Gasteiger partial charge is 0.508 e. The number of rotatable bonds is 3. The minimum absolute atomic E-state index is 0.0178. The number of allylic oxidation sites excluding steroid dienone is 4. The molecule has 2 aromatic rings. The number of hydrogen-bond donors (Lipinski definition) is 2. The summed E-state index contributed by atoms with van der Waals surface area (Å²) in [7, 11) is 0. The maximum Gasteiger partial charge on any atom is 0.162 e. The van der Waals surface area contributed by atoms with Crippen LogP contribution in [0.1, 0.15) is 64.9 Å². The number of carbonyl (C=O) groups excluding carboxylic acids is 2. The molecular weight excluding hydrogens is 518 g/mol. The van der Waals surface area contributed by atoms with Gasteiger partial charge in [0.15, 0.2) is 11.6 Å². The van der Waals surface area contributed by atoms with Crippen LogP contribution >= 0.6 is 15.9 Å². The number of benzene rings is 2. The van der Waals surface area contributed by atoms with Gasteiger partial charge in [0, 0.05) is 51.3 Å². The first-order valence-electron chi connectivity index (χ1n) is 12.2. The number of carbonyl (C=O) groups is 2. The van der Waals surface area contributed by atoms with Gasteiger partial charge in [-0.2, -0.15) is 10.2 Å². The predicted octanol–water partition coefficient (Wildman–Crippen LogP) is 7.54. The third-order valence-corrected chi connectivity index (χ3v) is 7.68. The smallest absolute Gasteiger partial charge is 0.162 e. The highest BCUT2D eigenvalue weighted by Gasteiger charge is 2.47. The van der Waals surface area contributed by atoms with Gasteiger partial charge >= 0.3 is 0 Å². The van der Waals surface area contributed by atoms with Crippen LogP contribution in [0.15, 0.2) is 79.7 Å². The van der Waals surface area contributed by atoms with E-state index in [0.29, 0.717) is 53.8 Å². The summed E-state index contributed by atoms with van der Waals surface area (Å²) in [6.45, 7) is 8.36. The van der Waals surface area contributed by atoms with Crippen LogP contribution < -0.4 is 5.32 Å². The van der Waals surface area contributed by atoms with Crippen molar-refractivity contribution in [2.75, 3.05) is 0 Å². The van der Waals surface area contributed by atoms with Crippen molar-refractivity contribution in [2.45, 2.75) is 59.3 Å². The van der Waals surface area contributed by atoms with Crippen molar-refractivity contribution in [3.63, 3.8) is 0 Å².